The van der Waals surface area contributed by atoms with Gasteiger partial charge >= 0.3 is 5.69 Å². The van der Waals surface area contributed by atoms with Crippen molar-refractivity contribution in [2.24, 2.45) is 10.2 Å². The molecule has 0 aliphatic heterocycles. The van der Waals surface area contributed by atoms with Crippen molar-refractivity contribution in [1.82, 2.24) is 0 Å². The van der Waals surface area contributed by atoms with Crippen LogP contribution in [-0.2, 0) is 19.5 Å². The molecule has 0 amide bonds. The number of ether oxygens (including phenoxy) is 2. The molecule has 0 spiro atoms. The Morgan fingerprint density at radius 2 is 1.68 bits per heavy atom. The van der Waals surface area contributed by atoms with E-state index in [4.69, 9.17) is 14.9 Å². The molecule has 0 aliphatic carbocycles. The zero-order valence-electron chi connectivity index (χ0n) is 13.4. The number of nitro groups is 1. The van der Waals surface area contributed by atoms with Crippen LogP contribution >= 0.6 is 12.4 Å². The molecule has 0 saturated carbocycles. The smallest absolute Gasteiger partial charge is 0.430 e. The van der Waals surface area contributed by atoms with Gasteiger partial charge in [-0.3, -0.25) is 10.1 Å². The Balaban J connectivity index is 0.00000288. The summed E-state index contributed by atoms with van der Waals surface area (Å²) in [5.41, 5.74) is 0.957. The van der Waals surface area contributed by atoms with Gasteiger partial charge in [0.15, 0.2) is 10.7 Å². The van der Waals surface area contributed by atoms with Crippen molar-refractivity contribution in [1.29, 1.82) is 5.39 Å². The number of diazo groups is 1. The predicted molar refractivity (Wildman–Crippen MR) is 88.8 cm³/mol. The van der Waals surface area contributed by atoms with Gasteiger partial charge in [0, 0.05) is 37.7 Å². The van der Waals surface area contributed by atoms with Crippen molar-refractivity contribution in [3.63, 3.8) is 0 Å². The molecule has 0 fully saturated rings. The number of azo groups is 1. The van der Waals surface area contributed by atoms with Crippen LogP contribution in [0.3, 0.4) is 0 Å². The second kappa shape index (κ2) is 10.3. The molecule has 0 aromatic heterocycles. The topological polar surface area (TPSA) is 114 Å². The van der Waals surface area contributed by atoms with Gasteiger partial charge in [-0.1, -0.05) is 0 Å². The van der Waals surface area contributed by atoms with Gasteiger partial charge in [-0.25, -0.2) is 0 Å². The first-order chi connectivity index (χ1) is 11.1. The summed E-state index contributed by atoms with van der Waals surface area (Å²) in [4.78, 5) is 13.2. The van der Waals surface area contributed by atoms with E-state index < -0.39 is 4.92 Å². The number of nitro benzene ring substituents is 1. The summed E-state index contributed by atoms with van der Waals surface area (Å²) >= 11 is 0. The zero-order chi connectivity index (χ0) is 16.8. The monoisotopic (exact) mass is 414 g/mol. The molecule has 0 heterocycles. The molecule has 2 aromatic rings. The molecule has 0 saturated heterocycles. The van der Waals surface area contributed by atoms with Crippen LogP contribution in [-0.4, -0.2) is 19.1 Å². The van der Waals surface area contributed by atoms with Crippen molar-refractivity contribution in [3.8, 4) is 11.5 Å². The first-order valence-electron chi connectivity index (χ1n) is 6.36. The molecule has 0 radical (unpaired) electrons. The molecule has 25 heavy (non-hydrogen) atoms. The van der Waals surface area contributed by atoms with Crippen LogP contribution in [0.15, 0.2) is 46.6 Å². The zero-order valence-corrected chi connectivity index (χ0v) is 17.2. The van der Waals surface area contributed by atoms with Crippen LogP contribution in [0.5, 0.6) is 11.5 Å². The fourth-order valence-electron chi connectivity index (χ4n) is 1.77. The molecule has 0 aliphatic rings. The average Bonchev–Trinajstić information content (AvgIpc) is 2.59. The number of hydrogen-bond acceptors (Lipinski definition) is 7. The normalized spacial score (nSPS) is 9.48. The Hall–Kier alpha value is -2.63. The van der Waals surface area contributed by atoms with E-state index in [1.54, 1.807) is 0 Å². The molecule has 0 atom stereocenters. The summed E-state index contributed by atoms with van der Waals surface area (Å²) in [7, 11) is 2.86. The summed E-state index contributed by atoms with van der Waals surface area (Å²) in [5, 5.41) is 27.5. The standard InChI is InChI=1S/C14H12N5O4.ClH.Zn/c1-22-13-8-12(14(23-2)7-11(13)16-15)18-17-9-3-5-10(6-4-9)19(20)21;;/h3-8H,1-2H3;1H;/q+1;;. The SMILES string of the molecule is COc1cc([N+]#N)c(OC)cc1N=Nc1ccc([N+](=O)[O-])cc1.Cl.[Zn]. The third-order valence-electron chi connectivity index (χ3n) is 2.92. The predicted octanol–water partition coefficient (Wildman–Crippen LogP) is 4.93. The molecule has 0 N–H and O–H groups in total. The van der Waals surface area contributed by atoms with Crippen LogP contribution in [0.1, 0.15) is 0 Å². The fourth-order valence-corrected chi connectivity index (χ4v) is 1.77. The molecule has 126 valence electrons. The summed E-state index contributed by atoms with van der Waals surface area (Å²) in [6.07, 6.45) is 0. The summed E-state index contributed by atoms with van der Waals surface area (Å²) in [5.74, 6) is 0.634. The number of nitrogens with zero attached hydrogens (tertiary/aromatic N) is 5. The molecular formula is C14H13ClN5O4Zn+. The van der Waals surface area contributed by atoms with Crippen LogP contribution in [0.2, 0.25) is 0 Å². The number of benzene rings is 2. The van der Waals surface area contributed by atoms with E-state index in [1.165, 1.54) is 50.6 Å². The van der Waals surface area contributed by atoms with Crippen LogP contribution < -0.4 is 9.47 Å². The summed E-state index contributed by atoms with van der Waals surface area (Å²) in [6.45, 7) is 0. The Kier molecular flexibility index (Phi) is 9.20. The van der Waals surface area contributed by atoms with E-state index in [0.717, 1.165) is 0 Å². The number of hydrogen-bond donors (Lipinski definition) is 0. The second-order valence-electron chi connectivity index (χ2n) is 4.27. The van der Waals surface area contributed by atoms with E-state index in [2.05, 4.69) is 15.2 Å². The molecule has 11 heteroatoms. The number of methoxy groups -OCH3 is 2. The van der Waals surface area contributed by atoms with Crippen LogP contribution in [0.4, 0.5) is 22.7 Å². The molecule has 2 aromatic carbocycles. The van der Waals surface area contributed by atoms with Crippen molar-refractivity contribution in [2.75, 3.05) is 14.2 Å². The van der Waals surface area contributed by atoms with Crippen molar-refractivity contribution in [3.05, 3.63) is 51.5 Å². The molecule has 9 nitrogen and oxygen atoms in total. The first-order valence-corrected chi connectivity index (χ1v) is 6.36. The molecule has 0 unspecified atom stereocenters. The summed E-state index contributed by atoms with van der Waals surface area (Å²) in [6, 6.07) is 8.57. The Labute approximate surface area is 162 Å². The van der Waals surface area contributed by atoms with Crippen LogP contribution in [0.25, 0.3) is 4.98 Å². The van der Waals surface area contributed by atoms with E-state index in [-0.39, 0.29) is 43.3 Å². The maximum Gasteiger partial charge on any atom is 0.430 e. The van der Waals surface area contributed by atoms with Gasteiger partial charge < -0.3 is 9.47 Å². The van der Waals surface area contributed by atoms with Gasteiger partial charge in [0.25, 0.3) is 5.69 Å². The minimum absolute atomic E-state index is 0. The minimum Gasteiger partial charge on any atom is -0.494 e. The Morgan fingerprint density at radius 3 is 2.16 bits per heavy atom. The Bertz CT molecular complexity index is 808. The van der Waals surface area contributed by atoms with Gasteiger partial charge in [0.05, 0.1) is 30.9 Å². The van der Waals surface area contributed by atoms with Gasteiger partial charge in [-0.15, -0.1) is 17.5 Å². The maximum absolute atomic E-state index is 10.6. The van der Waals surface area contributed by atoms with E-state index in [9.17, 15) is 10.1 Å². The number of rotatable bonds is 5. The van der Waals surface area contributed by atoms with E-state index in [1.807, 2.05) is 0 Å². The first kappa shape index (κ1) is 22.4. The molecular weight excluding hydrogens is 403 g/mol. The van der Waals surface area contributed by atoms with E-state index >= 15 is 0 Å². The average molecular weight is 416 g/mol. The quantitative estimate of drug-likeness (QED) is 0.225. The largest absolute Gasteiger partial charge is 0.494 e. The second-order valence-corrected chi connectivity index (χ2v) is 4.27. The number of non-ortho nitro benzene ring substituents is 1. The summed E-state index contributed by atoms with van der Waals surface area (Å²) < 4.78 is 10.2. The fraction of sp³-hybridized carbons (Fsp3) is 0.143. The van der Waals surface area contributed by atoms with Crippen molar-refractivity contribution in [2.45, 2.75) is 0 Å². The molecule has 0 bridgehead atoms. The van der Waals surface area contributed by atoms with Gasteiger partial charge in [0.1, 0.15) is 5.69 Å². The van der Waals surface area contributed by atoms with Crippen molar-refractivity contribution >= 4 is 35.2 Å². The van der Waals surface area contributed by atoms with Crippen LogP contribution in [0, 0.1) is 15.5 Å². The van der Waals surface area contributed by atoms with Gasteiger partial charge in [0.2, 0.25) is 11.1 Å². The molecule has 2 rings (SSSR count). The minimum atomic E-state index is -0.494. The maximum atomic E-state index is 10.6. The Morgan fingerprint density at radius 1 is 1.08 bits per heavy atom. The third-order valence-corrected chi connectivity index (χ3v) is 2.92. The van der Waals surface area contributed by atoms with Crippen molar-refractivity contribution < 1.29 is 33.9 Å². The van der Waals surface area contributed by atoms with Gasteiger partial charge in [-0.05, 0) is 12.1 Å². The number of halogens is 1. The third kappa shape index (κ3) is 5.45. The van der Waals surface area contributed by atoms with E-state index in [0.29, 0.717) is 22.9 Å². The van der Waals surface area contributed by atoms with Gasteiger partial charge in [-0.2, -0.15) is 5.11 Å².